The molecule has 0 aliphatic carbocycles. The maximum absolute atomic E-state index is 13.2. The number of amides is 2. The fourth-order valence-electron chi connectivity index (χ4n) is 4.83. The molecule has 2 unspecified atom stereocenters. The molecule has 2 amide bonds. The summed E-state index contributed by atoms with van der Waals surface area (Å²) in [6, 6.07) is 23.6. The largest absolute Gasteiger partial charge is 0.441 e. The molecule has 0 bridgehead atoms. The van der Waals surface area contributed by atoms with E-state index in [0.717, 1.165) is 17.7 Å². The summed E-state index contributed by atoms with van der Waals surface area (Å²) in [4.78, 5) is 31.9. The number of aromatic nitrogens is 1. The number of benzene rings is 3. The Balaban J connectivity index is 1.26. The van der Waals surface area contributed by atoms with Crippen LogP contribution in [0.3, 0.4) is 0 Å². The monoisotopic (exact) mass is 609 g/mol. The van der Waals surface area contributed by atoms with Crippen LogP contribution in [0.4, 0.5) is 23.7 Å². The van der Waals surface area contributed by atoms with Gasteiger partial charge < -0.3 is 14.4 Å². The summed E-state index contributed by atoms with van der Waals surface area (Å²) in [5.74, 6) is 0.495. The molecule has 0 saturated carbocycles. The Bertz CT molecular complexity index is 1530. The molecule has 2 heterocycles. The highest BCUT2D eigenvalue weighted by Gasteiger charge is 2.36. The topological polar surface area (TPSA) is 80.8 Å². The molecule has 0 spiro atoms. The number of rotatable bonds is 8. The average Bonchev–Trinajstić information content (AvgIpc) is 2.99. The fourth-order valence-corrected chi connectivity index (χ4v) is 4.96. The Morgan fingerprint density at radius 2 is 1.72 bits per heavy atom. The summed E-state index contributed by atoms with van der Waals surface area (Å²) >= 11 is 5.90. The van der Waals surface area contributed by atoms with Crippen LogP contribution in [-0.4, -0.2) is 28.4 Å². The number of alkyl halides is 3. The lowest BCUT2D eigenvalue weighted by atomic mass is 9.86. The zero-order chi connectivity index (χ0) is 30.4. The van der Waals surface area contributed by atoms with Crippen molar-refractivity contribution in [3.05, 3.63) is 119 Å². The molecular formula is C32H27ClF3N3O4. The predicted octanol–water partition coefficient (Wildman–Crippen LogP) is 8.27. The van der Waals surface area contributed by atoms with Gasteiger partial charge in [-0.25, -0.2) is 9.78 Å². The number of halogens is 4. The summed E-state index contributed by atoms with van der Waals surface area (Å²) in [7, 11) is 0. The molecule has 1 aliphatic heterocycles. The Morgan fingerprint density at radius 3 is 2.35 bits per heavy atom. The Labute approximate surface area is 251 Å². The Hall–Kier alpha value is -4.57. The van der Waals surface area contributed by atoms with Crippen LogP contribution in [0.5, 0.6) is 11.6 Å². The quantitative estimate of drug-likeness (QED) is 0.217. The van der Waals surface area contributed by atoms with Gasteiger partial charge in [-0.1, -0.05) is 41.9 Å². The summed E-state index contributed by atoms with van der Waals surface area (Å²) in [6.07, 6.45) is -4.07. The van der Waals surface area contributed by atoms with E-state index in [2.05, 4.69) is 10.3 Å². The second-order valence-electron chi connectivity index (χ2n) is 10.1. The van der Waals surface area contributed by atoms with Crippen LogP contribution in [0.1, 0.15) is 35.6 Å². The van der Waals surface area contributed by atoms with Crippen molar-refractivity contribution < 1.29 is 32.2 Å². The molecule has 222 valence electrons. The van der Waals surface area contributed by atoms with Crippen molar-refractivity contribution in [1.29, 1.82) is 0 Å². The van der Waals surface area contributed by atoms with Gasteiger partial charge >= 0.3 is 12.3 Å². The van der Waals surface area contributed by atoms with Crippen LogP contribution < -0.4 is 10.1 Å². The zero-order valence-corrected chi connectivity index (χ0v) is 23.5. The van der Waals surface area contributed by atoms with E-state index in [-0.39, 0.29) is 12.3 Å². The third-order valence-corrected chi connectivity index (χ3v) is 7.29. The molecule has 2 atom stereocenters. The second-order valence-corrected chi connectivity index (χ2v) is 10.5. The number of ether oxygens (including phenoxy) is 2. The minimum absolute atomic E-state index is 0.0563. The Kier molecular flexibility index (Phi) is 9.16. The normalized spacial score (nSPS) is 16.0. The average molecular weight is 610 g/mol. The first-order chi connectivity index (χ1) is 20.6. The SMILES string of the molecule is O=C(Nc1ccc(Cl)cc1)OC(c1ccc(C(F)(F)F)cc1)C1CCN(Cc2ccc(Oc3ccccn3)cc2)C(=O)C1. The van der Waals surface area contributed by atoms with Crippen molar-refractivity contribution in [2.45, 2.75) is 31.7 Å². The van der Waals surface area contributed by atoms with Gasteiger partial charge in [0, 0.05) is 48.4 Å². The fraction of sp³-hybridized carbons (Fsp3) is 0.219. The number of nitrogens with one attached hydrogen (secondary N) is 1. The Morgan fingerprint density at radius 1 is 1.00 bits per heavy atom. The first-order valence-electron chi connectivity index (χ1n) is 13.5. The van der Waals surface area contributed by atoms with Gasteiger partial charge in [0.1, 0.15) is 11.9 Å². The van der Waals surface area contributed by atoms with E-state index in [1.54, 1.807) is 59.6 Å². The van der Waals surface area contributed by atoms with Crippen LogP contribution in [0.2, 0.25) is 5.02 Å². The van der Waals surface area contributed by atoms with E-state index < -0.39 is 29.9 Å². The predicted molar refractivity (Wildman–Crippen MR) is 155 cm³/mol. The van der Waals surface area contributed by atoms with Crippen molar-refractivity contribution in [2.75, 3.05) is 11.9 Å². The lowest BCUT2D eigenvalue weighted by Gasteiger charge is -2.35. The van der Waals surface area contributed by atoms with Gasteiger partial charge in [-0.05, 0) is 72.1 Å². The van der Waals surface area contributed by atoms with Crippen molar-refractivity contribution in [1.82, 2.24) is 9.88 Å². The van der Waals surface area contributed by atoms with Gasteiger partial charge in [0.2, 0.25) is 11.8 Å². The highest BCUT2D eigenvalue weighted by molar-refractivity contribution is 6.30. The second kappa shape index (κ2) is 13.2. The molecule has 11 heteroatoms. The minimum atomic E-state index is -4.51. The highest BCUT2D eigenvalue weighted by Crippen LogP contribution is 2.37. The lowest BCUT2D eigenvalue weighted by Crippen LogP contribution is -2.40. The van der Waals surface area contributed by atoms with Crippen molar-refractivity contribution in [3.63, 3.8) is 0 Å². The first-order valence-corrected chi connectivity index (χ1v) is 13.9. The molecule has 5 rings (SSSR count). The van der Waals surface area contributed by atoms with Gasteiger partial charge in [-0.2, -0.15) is 13.2 Å². The molecule has 7 nitrogen and oxygen atoms in total. The zero-order valence-electron chi connectivity index (χ0n) is 22.8. The summed E-state index contributed by atoms with van der Waals surface area (Å²) in [5.41, 5.74) is 0.887. The number of hydrogen-bond donors (Lipinski definition) is 1. The number of hydrogen-bond acceptors (Lipinski definition) is 5. The minimum Gasteiger partial charge on any atom is -0.441 e. The van der Waals surface area contributed by atoms with Gasteiger partial charge in [0.05, 0.1) is 5.56 Å². The molecule has 0 radical (unpaired) electrons. The molecule has 1 saturated heterocycles. The molecule has 1 fully saturated rings. The first kappa shape index (κ1) is 29.9. The summed E-state index contributed by atoms with van der Waals surface area (Å²) in [5, 5.41) is 3.09. The van der Waals surface area contributed by atoms with Gasteiger partial charge in [-0.15, -0.1) is 0 Å². The van der Waals surface area contributed by atoms with Crippen molar-refractivity contribution in [3.8, 4) is 11.6 Å². The maximum Gasteiger partial charge on any atom is 0.416 e. The standard InChI is InChI=1S/C32H27ClF3N3O4/c33-25-10-12-26(13-11-25)38-31(41)43-30(22-6-8-24(9-7-22)32(34,35)36)23-16-18-39(29(40)19-23)20-21-4-14-27(15-5-21)42-28-3-1-2-17-37-28/h1-15,17,23,30H,16,18-20H2,(H,38,41). The molecule has 4 aromatic rings. The molecule has 1 N–H and O–H groups in total. The van der Waals surface area contributed by atoms with Gasteiger partial charge in [0.15, 0.2) is 0 Å². The van der Waals surface area contributed by atoms with Crippen molar-refractivity contribution >= 4 is 29.3 Å². The van der Waals surface area contributed by atoms with Crippen LogP contribution in [0.25, 0.3) is 0 Å². The van der Waals surface area contributed by atoms with E-state index in [0.29, 0.717) is 47.4 Å². The number of likely N-dealkylation sites (tertiary alicyclic amines) is 1. The number of nitrogens with zero attached hydrogens (tertiary/aromatic N) is 2. The molecule has 1 aromatic heterocycles. The number of pyridine rings is 1. The molecule has 1 aliphatic rings. The van der Waals surface area contributed by atoms with E-state index in [1.165, 1.54) is 12.1 Å². The van der Waals surface area contributed by atoms with E-state index in [9.17, 15) is 22.8 Å². The molecule has 3 aromatic carbocycles. The van der Waals surface area contributed by atoms with Gasteiger partial charge in [0.25, 0.3) is 0 Å². The van der Waals surface area contributed by atoms with E-state index >= 15 is 0 Å². The third-order valence-electron chi connectivity index (χ3n) is 7.04. The smallest absolute Gasteiger partial charge is 0.416 e. The lowest BCUT2D eigenvalue weighted by molar-refractivity contribution is -0.138. The number of piperidine rings is 1. The summed E-state index contributed by atoms with van der Waals surface area (Å²) in [6.45, 7) is 0.757. The molecule has 43 heavy (non-hydrogen) atoms. The van der Waals surface area contributed by atoms with Crippen molar-refractivity contribution in [2.24, 2.45) is 5.92 Å². The molecular weight excluding hydrogens is 583 g/mol. The highest BCUT2D eigenvalue weighted by atomic mass is 35.5. The third kappa shape index (κ3) is 8.04. The van der Waals surface area contributed by atoms with E-state index in [1.807, 2.05) is 18.2 Å². The number of anilines is 1. The van der Waals surface area contributed by atoms with E-state index in [4.69, 9.17) is 21.1 Å². The van der Waals surface area contributed by atoms with Crippen LogP contribution in [0, 0.1) is 5.92 Å². The maximum atomic E-state index is 13.2. The van der Waals surface area contributed by atoms with Crippen LogP contribution in [0.15, 0.2) is 97.2 Å². The van der Waals surface area contributed by atoms with Crippen LogP contribution in [-0.2, 0) is 22.3 Å². The number of carbonyl (C=O) groups is 2. The number of carbonyl (C=O) groups excluding carboxylic acids is 2. The van der Waals surface area contributed by atoms with Crippen LogP contribution >= 0.6 is 11.6 Å². The van der Waals surface area contributed by atoms with Gasteiger partial charge in [-0.3, -0.25) is 10.1 Å². The summed E-state index contributed by atoms with van der Waals surface area (Å²) < 4.78 is 51.0.